The van der Waals surface area contributed by atoms with E-state index < -0.39 is 6.29 Å². The first-order valence-corrected chi connectivity index (χ1v) is 4.96. The fourth-order valence-corrected chi connectivity index (χ4v) is 0.895. The van der Waals surface area contributed by atoms with Gasteiger partial charge in [0.15, 0.2) is 6.29 Å². The van der Waals surface area contributed by atoms with Gasteiger partial charge >= 0.3 is 0 Å². The van der Waals surface area contributed by atoms with Crippen LogP contribution >= 0.6 is 0 Å². The van der Waals surface area contributed by atoms with Crippen molar-refractivity contribution in [2.24, 2.45) is 0 Å². The molecule has 1 unspecified atom stereocenters. The van der Waals surface area contributed by atoms with Gasteiger partial charge in [-0.15, -0.1) is 0 Å². The van der Waals surface area contributed by atoms with Crippen molar-refractivity contribution in [3.8, 4) is 0 Å². The normalized spacial score (nSPS) is 12.6. The predicted molar refractivity (Wildman–Crippen MR) is 55.0 cm³/mol. The summed E-state index contributed by atoms with van der Waals surface area (Å²) in [5.41, 5.74) is 0. The summed E-state index contributed by atoms with van der Waals surface area (Å²) in [6.07, 6.45) is 1.96. The Morgan fingerprint density at radius 3 is 2.50 bits per heavy atom. The number of rotatable bonds is 7. The Morgan fingerprint density at radius 2 is 2.07 bits per heavy atom. The standard InChI is InChI=1S/C10H21NO3/c1-5-6-7-14-10(13-4)8-9(12)11(2)3/h10H,5-8H2,1-4H3. The number of hydrogen-bond donors (Lipinski definition) is 0. The number of hydrogen-bond acceptors (Lipinski definition) is 3. The summed E-state index contributed by atoms with van der Waals surface area (Å²) in [6.45, 7) is 2.74. The van der Waals surface area contributed by atoms with E-state index in [0.717, 1.165) is 12.8 Å². The van der Waals surface area contributed by atoms with Crippen molar-refractivity contribution < 1.29 is 14.3 Å². The van der Waals surface area contributed by atoms with Gasteiger partial charge in [-0.2, -0.15) is 0 Å². The van der Waals surface area contributed by atoms with E-state index in [4.69, 9.17) is 9.47 Å². The minimum absolute atomic E-state index is 0.0216. The van der Waals surface area contributed by atoms with Crippen LogP contribution in [0.4, 0.5) is 0 Å². The van der Waals surface area contributed by atoms with E-state index in [0.29, 0.717) is 6.61 Å². The molecule has 0 saturated heterocycles. The zero-order chi connectivity index (χ0) is 11.0. The van der Waals surface area contributed by atoms with Gasteiger partial charge in [-0.3, -0.25) is 4.79 Å². The fraction of sp³-hybridized carbons (Fsp3) is 0.900. The lowest BCUT2D eigenvalue weighted by molar-refractivity contribution is -0.152. The molecule has 4 nitrogen and oxygen atoms in total. The molecule has 0 radical (unpaired) electrons. The van der Waals surface area contributed by atoms with Crippen LogP contribution in [0.2, 0.25) is 0 Å². The van der Waals surface area contributed by atoms with Crippen LogP contribution < -0.4 is 0 Å². The Labute approximate surface area is 86.2 Å². The monoisotopic (exact) mass is 203 g/mol. The molecule has 0 aliphatic rings. The van der Waals surface area contributed by atoms with Gasteiger partial charge in [-0.05, 0) is 6.42 Å². The van der Waals surface area contributed by atoms with Crippen LogP contribution in [-0.2, 0) is 14.3 Å². The molecule has 0 aromatic carbocycles. The van der Waals surface area contributed by atoms with E-state index in [9.17, 15) is 4.79 Å². The summed E-state index contributed by atoms with van der Waals surface area (Å²) in [4.78, 5) is 12.8. The first-order valence-electron chi connectivity index (χ1n) is 4.96. The molecule has 0 bridgehead atoms. The molecule has 0 aromatic heterocycles. The lowest BCUT2D eigenvalue weighted by atomic mass is 10.3. The molecule has 0 N–H and O–H groups in total. The quantitative estimate of drug-likeness (QED) is 0.462. The molecule has 0 fully saturated rings. The summed E-state index contributed by atoms with van der Waals surface area (Å²) in [5, 5.41) is 0. The Hall–Kier alpha value is -0.610. The van der Waals surface area contributed by atoms with Crippen molar-refractivity contribution in [3.05, 3.63) is 0 Å². The molecule has 0 saturated carbocycles. The number of carbonyl (C=O) groups is 1. The van der Waals surface area contributed by atoms with Crippen molar-refractivity contribution in [1.29, 1.82) is 0 Å². The van der Waals surface area contributed by atoms with Crippen molar-refractivity contribution in [2.45, 2.75) is 32.5 Å². The lowest BCUT2D eigenvalue weighted by Gasteiger charge is -2.18. The van der Waals surface area contributed by atoms with Gasteiger partial charge in [0.25, 0.3) is 0 Å². The number of nitrogens with zero attached hydrogens (tertiary/aromatic N) is 1. The molecule has 1 atom stereocenters. The predicted octanol–water partition coefficient (Wildman–Crippen LogP) is 1.25. The molecule has 0 rings (SSSR count). The van der Waals surface area contributed by atoms with E-state index in [1.54, 1.807) is 21.2 Å². The molecule has 0 aliphatic heterocycles. The Bertz CT molecular complexity index is 159. The smallest absolute Gasteiger partial charge is 0.227 e. The largest absolute Gasteiger partial charge is 0.355 e. The average Bonchev–Trinajstić information content (AvgIpc) is 2.16. The second-order valence-electron chi connectivity index (χ2n) is 3.38. The SMILES string of the molecule is CCCCOC(CC(=O)N(C)C)OC. The highest BCUT2D eigenvalue weighted by Crippen LogP contribution is 2.03. The minimum Gasteiger partial charge on any atom is -0.355 e. The lowest BCUT2D eigenvalue weighted by Crippen LogP contribution is -2.28. The zero-order valence-electron chi connectivity index (χ0n) is 9.58. The fourth-order valence-electron chi connectivity index (χ4n) is 0.895. The molecule has 0 spiro atoms. The molecule has 1 amide bonds. The molecule has 84 valence electrons. The summed E-state index contributed by atoms with van der Waals surface area (Å²) >= 11 is 0. The van der Waals surface area contributed by atoms with E-state index in [1.807, 2.05) is 0 Å². The zero-order valence-corrected chi connectivity index (χ0v) is 9.58. The highest BCUT2D eigenvalue weighted by molar-refractivity contribution is 5.75. The Kier molecular flexibility index (Phi) is 7.42. The summed E-state index contributed by atoms with van der Waals surface area (Å²) in [7, 11) is 5.00. The Balaban J connectivity index is 3.73. The summed E-state index contributed by atoms with van der Waals surface area (Å²) in [6, 6.07) is 0. The number of amides is 1. The van der Waals surface area contributed by atoms with Gasteiger partial charge in [0.2, 0.25) is 5.91 Å². The van der Waals surface area contributed by atoms with Crippen LogP contribution in [0.25, 0.3) is 0 Å². The van der Waals surface area contributed by atoms with Gasteiger partial charge < -0.3 is 14.4 Å². The third kappa shape index (κ3) is 5.94. The Morgan fingerprint density at radius 1 is 1.43 bits per heavy atom. The maximum Gasteiger partial charge on any atom is 0.227 e. The van der Waals surface area contributed by atoms with Crippen LogP contribution in [0.3, 0.4) is 0 Å². The minimum atomic E-state index is -0.406. The van der Waals surface area contributed by atoms with Gasteiger partial charge in [0.05, 0.1) is 6.42 Å². The van der Waals surface area contributed by atoms with Gasteiger partial charge in [0.1, 0.15) is 0 Å². The molecular formula is C10H21NO3. The maximum absolute atomic E-state index is 11.3. The van der Waals surface area contributed by atoms with Crippen molar-refractivity contribution in [3.63, 3.8) is 0 Å². The van der Waals surface area contributed by atoms with Crippen LogP contribution in [0, 0.1) is 0 Å². The highest BCUT2D eigenvalue weighted by atomic mass is 16.7. The molecule has 14 heavy (non-hydrogen) atoms. The van der Waals surface area contributed by atoms with E-state index in [1.165, 1.54) is 4.90 Å². The summed E-state index contributed by atoms with van der Waals surface area (Å²) < 4.78 is 10.4. The molecule has 0 aromatic rings. The third-order valence-electron chi connectivity index (χ3n) is 1.90. The van der Waals surface area contributed by atoms with E-state index >= 15 is 0 Å². The van der Waals surface area contributed by atoms with Crippen molar-refractivity contribution in [2.75, 3.05) is 27.8 Å². The van der Waals surface area contributed by atoms with Crippen LogP contribution in [0.1, 0.15) is 26.2 Å². The second-order valence-corrected chi connectivity index (χ2v) is 3.38. The maximum atomic E-state index is 11.3. The first-order chi connectivity index (χ1) is 6.61. The number of ether oxygens (including phenoxy) is 2. The molecule has 4 heteroatoms. The van der Waals surface area contributed by atoms with Gasteiger partial charge in [0, 0.05) is 27.8 Å². The molecule has 0 aliphatic carbocycles. The first kappa shape index (κ1) is 13.4. The van der Waals surface area contributed by atoms with Crippen LogP contribution in [0.15, 0.2) is 0 Å². The third-order valence-corrected chi connectivity index (χ3v) is 1.90. The van der Waals surface area contributed by atoms with E-state index in [2.05, 4.69) is 6.92 Å². The number of methoxy groups -OCH3 is 1. The number of carbonyl (C=O) groups excluding carboxylic acids is 1. The van der Waals surface area contributed by atoms with Crippen molar-refractivity contribution in [1.82, 2.24) is 4.90 Å². The van der Waals surface area contributed by atoms with E-state index in [-0.39, 0.29) is 12.3 Å². The van der Waals surface area contributed by atoms with Crippen molar-refractivity contribution >= 4 is 5.91 Å². The van der Waals surface area contributed by atoms with Crippen LogP contribution in [-0.4, -0.2) is 44.9 Å². The van der Waals surface area contributed by atoms with Gasteiger partial charge in [-0.25, -0.2) is 0 Å². The molecule has 0 heterocycles. The summed E-state index contributed by atoms with van der Waals surface area (Å²) in [5.74, 6) is 0.0216. The average molecular weight is 203 g/mol. The number of unbranched alkanes of at least 4 members (excludes halogenated alkanes) is 1. The highest BCUT2D eigenvalue weighted by Gasteiger charge is 2.14. The topological polar surface area (TPSA) is 38.8 Å². The second kappa shape index (κ2) is 7.76. The van der Waals surface area contributed by atoms with Crippen LogP contribution in [0.5, 0.6) is 0 Å². The molecular weight excluding hydrogens is 182 g/mol. The van der Waals surface area contributed by atoms with Gasteiger partial charge in [-0.1, -0.05) is 13.3 Å².